The van der Waals surface area contributed by atoms with Crippen LogP contribution in [-0.2, 0) is 13.0 Å². The first kappa shape index (κ1) is 14.9. The van der Waals surface area contributed by atoms with E-state index in [0.717, 1.165) is 25.1 Å². The van der Waals surface area contributed by atoms with Crippen LogP contribution in [0.4, 0.5) is 0 Å². The van der Waals surface area contributed by atoms with Gasteiger partial charge in [0.1, 0.15) is 11.5 Å². The zero-order chi connectivity index (χ0) is 15.4. The van der Waals surface area contributed by atoms with Gasteiger partial charge in [-0.15, -0.1) is 0 Å². The number of hydrogen-bond acceptors (Lipinski definition) is 3. The number of rotatable bonds is 4. The summed E-state index contributed by atoms with van der Waals surface area (Å²) in [7, 11) is 0. The molecule has 1 saturated heterocycles. The molecule has 1 aliphatic rings. The maximum absolute atomic E-state index is 9.63. The highest BCUT2D eigenvalue weighted by Gasteiger charge is 2.22. The molecule has 1 aliphatic heterocycles. The first-order valence-electron chi connectivity index (χ1n) is 8.00. The number of nitrogens with zero attached hydrogens (tertiary/aromatic N) is 1. The van der Waals surface area contributed by atoms with Crippen LogP contribution < -0.4 is 0 Å². The molecule has 0 aromatic heterocycles. The number of piperidine rings is 1. The van der Waals surface area contributed by atoms with Crippen molar-refractivity contribution in [3.05, 3.63) is 59.7 Å². The van der Waals surface area contributed by atoms with Crippen molar-refractivity contribution in [1.82, 2.24) is 4.90 Å². The third kappa shape index (κ3) is 3.80. The molecule has 2 N–H and O–H groups in total. The Morgan fingerprint density at radius 2 is 1.59 bits per heavy atom. The number of hydrogen-bond donors (Lipinski definition) is 2. The summed E-state index contributed by atoms with van der Waals surface area (Å²) in [4.78, 5) is 2.50. The van der Waals surface area contributed by atoms with Gasteiger partial charge in [-0.2, -0.15) is 0 Å². The maximum atomic E-state index is 9.63. The minimum absolute atomic E-state index is 0.332. The molecule has 1 unspecified atom stereocenters. The first-order chi connectivity index (χ1) is 10.7. The van der Waals surface area contributed by atoms with E-state index in [0.29, 0.717) is 17.5 Å². The fraction of sp³-hybridized carbons (Fsp3) is 0.368. The molecule has 0 bridgehead atoms. The summed E-state index contributed by atoms with van der Waals surface area (Å²) in [5.74, 6) is 0.673. The van der Waals surface area contributed by atoms with Gasteiger partial charge in [0, 0.05) is 12.6 Å². The monoisotopic (exact) mass is 297 g/mol. The van der Waals surface area contributed by atoms with E-state index in [1.807, 2.05) is 24.3 Å². The lowest BCUT2D eigenvalue weighted by Crippen LogP contribution is -2.40. The number of phenols is 2. The fourth-order valence-electron chi connectivity index (χ4n) is 3.34. The Balaban J connectivity index is 1.71. The van der Waals surface area contributed by atoms with E-state index >= 15 is 0 Å². The third-order valence-corrected chi connectivity index (χ3v) is 4.43. The molecular weight excluding hydrogens is 274 g/mol. The second-order valence-electron chi connectivity index (χ2n) is 6.16. The number of phenolic OH excluding ortho intramolecular Hbond substituents is 2. The third-order valence-electron chi connectivity index (χ3n) is 4.43. The van der Waals surface area contributed by atoms with Crippen LogP contribution in [0.25, 0.3) is 0 Å². The fourth-order valence-corrected chi connectivity index (χ4v) is 3.34. The van der Waals surface area contributed by atoms with Gasteiger partial charge in [0.25, 0.3) is 0 Å². The van der Waals surface area contributed by atoms with Crippen molar-refractivity contribution in [1.29, 1.82) is 0 Å². The van der Waals surface area contributed by atoms with Crippen molar-refractivity contribution >= 4 is 0 Å². The van der Waals surface area contributed by atoms with Crippen molar-refractivity contribution in [3.8, 4) is 11.5 Å². The summed E-state index contributed by atoms with van der Waals surface area (Å²) >= 11 is 0. The van der Waals surface area contributed by atoms with Crippen LogP contribution in [0.2, 0.25) is 0 Å². The van der Waals surface area contributed by atoms with E-state index < -0.39 is 0 Å². The quantitative estimate of drug-likeness (QED) is 0.904. The molecule has 0 amide bonds. The Bertz CT molecular complexity index is 571. The van der Waals surface area contributed by atoms with Crippen molar-refractivity contribution in [2.24, 2.45) is 0 Å². The molecule has 1 atom stereocenters. The molecule has 0 radical (unpaired) electrons. The molecular formula is C19H23NO2. The van der Waals surface area contributed by atoms with Crippen LogP contribution >= 0.6 is 0 Å². The molecule has 116 valence electrons. The molecule has 22 heavy (non-hydrogen) atoms. The van der Waals surface area contributed by atoms with Gasteiger partial charge in [-0.1, -0.05) is 30.7 Å². The largest absolute Gasteiger partial charge is 0.508 e. The van der Waals surface area contributed by atoms with Crippen molar-refractivity contribution in [2.75, 3.05) is 6.54 Å². The topological polar surface area (TPSA) is 43.7 Å². The summed E-state index contributed by atoms with van der Waals surface area (Å²) in [6.45, 7) is 1.97. The number of likely N-dealkylation sites (tertiary alicyclic amines) is 1. The molecule has 2 aromatic rings. The maximum Gasteiger partial charge on any atom is 0.115 e. The number of benzene rings is 2. The average Bonchev–Trinajstić information content (AvgIpc) is 2.49. The SMILES string of the molecule is Oc1cccc(CC2CCCCN2Cc2cccc(O)c2)c1. The molecule has 3 nitrogen and oxygen atoms in total. The highest BCUT2D eigenvalue weighted by molar-refractivity contribution is 5.29. The number of aromatic hydroxyl groups is 2. The average molecular weight is 297 g/mol. The summed E-state index contributed by atoms with van der Waals surface area (Å²) in [6, 6.07) is 15.6. The van der Waals surface area contributed by atoms with E-state index in [-0.39, 0.29) is 0 Å². The van der Waals surface area contributed by atoms with Crippen LogP contribution in [0.1, 0.15) is 30.4 Å². The molecule has 1 heterocycles. The van der Waals surface area contributed by atoms with E-state index in [1.165, 1.54) is 24.8 Å². The van der Waals surface area contributed by atoms with E-state index in [4.69, 9.17) is 0 Å². The summed E-state index contributed by atoms with van der Waals surface area (Å²) in [5.41, 5.74) is 2.34. The van der Waals surface area contributed by atoms with Crippen molar-refractivity contribution in [3.63, 3.8) is 0 Å². The van der Waals surface area contributed by atoms with Gasteiger partial charge >= 0.3 is 0 Å². The lowest BCUT2D eigenvalue weighted by atomic mass is 9.95. The molecule has 3 heteroatoms. The van der Waals surface area contributed by atoms with Gasteiger partial charge in [0.15, 0.2) is 0 Å². The van der Waals surface area contributed by atoms with Crippen molar-refractivity contribution < 1.29 is 10.2 Å². The summed E-state index contributed by atoms with van der Waals surface area (Å²) < 4.78 is 0. The van der Waals surface area contributed by atoms with Gasteiger partial charge in [0.05, 0.1) is 0 Å². The molecule has 2 aromatic carbocycles. The van der Waals surface area contributed by atoms with E-state index in [1.54, 1.807) is 12.1 Å². The Labute approximate surface area is 131 Å². The second-order valence-corrected chi connectivity index (χ2v) is 6.16. The van der Waals surface area contributed by atoms with E-state index in [2.05, 4.69) is 17.0 Å². The minimum Gasteiger partial charge on any atom is -0.508 e. The lowest BCUT2D eigenvalue weighted by molar-refractivity contribution is 0.139. The minimum atomic E-state index is 0.332. The molecule has 0 aliphatic carbocycles. The van der Waals surface area contributed by atoms with Crippen LogP contribution in [0.15, 0.2) is 48.5 Å². The van der Waals surface area contributed by atoms with Crippen LogP contribution in [0, 0.1) is 0 Å². The van der Waals surface area contributed by atoms with Crippen LogP contribution in [0.5, 0.6) is 11.5 Å². The normalized spacial score (nSPS) is 19.2. The van der Waals surface area contributed by atoms with E-state index in [9.17, 15) is 10.2 Å². The standard InChI is InChI=1S/C19H23NO2/c21-18-8-3-5-15(12-18)11-17-7-1-2-10-20(17)14-16-6-4-9-19(22)13-16/h3-6,8-9,12-13,17,21-22H,1-2,7,10-11,14H2. The Hall–Kier alpha value is -2.00. The van der Waals surface area contributed by atoms with Gasteiger partial charge in [-0.25, -0.2) is 0 Å². The van der Waals surface area contributed by atoms with Gasteiger partial charge in [-0.3, -0.25) is 4.90 Å². The zero-order valence-electron chi connectivity index (χ0n) is 12.8. The Morgan fingerprint density at radius 3 is 2.32 bits per heavy atom. The highest BCUT2D eigenvalue weighted by atomic mass is 16.3. The van der Waals surface area contributed by atoms with Gasteiger partial charge < -0.3 is 10.2 Å². The Morgan fingerprint density at radius 1 is 0.909 bits per heavy atom. The second kappa shape index (κ2) is 6.84. The van der Waals surface area contributed by atoms with Gasteiger partial charge in [0.2, 0.25) is 0 Å². The molecule has 0 saturated carbocycles. The summed E-state index contributed by atoms with van der Waals surface area (Å²) in [6.07, 6.45) is 4.65. The lowest BCUT2D eigenvalue weighted by Gasteiger charge is -2.36. The predicted octanol–water partition coefficient (Wildman–Crippen LogP) is 3.70. The molecule has 1 fully saturated rings. The first-order valence-corrected chi connectivity index (χ1v) is 8.00. The smallest absolute Gasteiger partial charge is 0.115 e. The van der Waals surface area contributed by atoms with Crippen LogP contribution in [0.3, 0.4) is 0 Å². The van der Waals surface area contributed by atoms with Gasteiger partial charge in [-0.05, 0) is 61.2 Å². The zero-order valence-corrected chi connectivity index (χ0v) is 12.8. The van der Waals surface area contributed by atoms with Crippen LogP contribution in [-0.4, -0.2) is 27.7 Å². The Kier molecular flexibility index (Phi) is 4.64. The summed E-state index contributed by atoms with van der Waals surface area (Å²) in [5, 5.41) is 19.3. The van der Waals surface area contributed by atoms with Crippen molar-refractivity contribution in [2.45, 2.75) is 38.3 Å². The predicted molar refractivity (Wildman–Crippen MR) is 88.0 cm³/mol. The highest BCUT2D eigenvalue weighted by Crippen LogP contribution is 2.24. The molecule has 0 spiro atoms. The molecule has 3 rings (SSSR count).